The summed E-state index contributed by atoms with van der Waals surface area (Å²) >= 11 is 1.40. The fourth-order valence-corrected chi connectivity index (χ4v) is 2.63. The summed E-state index contributed by atoms with van der Waals surface area (Å²) < 4.78 is 14.9. The first kappa shape index (κ1) is 12.0. The van der Waals surface area contributed by atoms with Gasteiger partial charge in [0.1, 0.15) is 10.8 Å². The Kier molecular flexibility index (Phi) is 2.70. The molecular formula is C12H12FN5S. The molecule has 0 bridgehead atoms. The minimum absolute atomic E-state index is 0.118. The third-order valence-electron chi connectivity index (χ3n) is 2.77. The Morgan fingerprint density at radius 2 is 2.11 bits per heavy atom. The zero-order chi connectivity index (χ0) is 13.6. The van der Waals surface area contributed by atoms with E-state index in [2.05, 4.69) is 15.3 Å². The van der Waals surface area contributed by atoms with Gasteiger partial charge in [-0.15, -0.1) is 10.2 Å². The first-order valence-electron chi connectivity index (χ1n) is 5.84. The maximum absolute atomic E-state index is 13.2. The van der Waals surface area contributed by atoms with E-state index in [1.165, 1.54) is 17.4 Å². The molecule has 0 aliphatic heterocycles. The van der Waals surface area contributed by atoms with E-state index in [0.717, 1.165) is 21.4 Å². The van der Waals surface area contributed by atoms with Crippen LogP contribution < -0.4 is 5.73 Å². The minimum Gasteiger partial charge on any atom is -0.396 e. The summed E-state index contributed by atoms with van der Waals surface area (Å²) in [7, 11) is 0. The molecular weight excluding hydrogens is 265 g/mol. The van der Waals surface area contributed by atoms with Crippen molar-refractivity contribution in [1.29, 1.82) is 0 Å². The van der Waals surface area contributed by atoms with E-state index in [4.69, 9.17) is 5.73 Å². The number of fused-ring (bicyclic) bond motifs is 1. The highest BCUT2D eigenvalue weighted by Gasteiger charge is 2.15. The largest absolute Gasteiger partial charge is 0.396 e. The lowest BCUT2D eigenvalue weighted by molar-refractivity contribution is 0.632. The van der Waals surface area contributed by atoms with Gasteiger partial charge in [-0.3, -0.25) is 0 Å². The van der Waals surface area contributed by atoms with Crippen LogP contribution in [-0.4, -0.2) is 19.8 Å². The predicted octanol–water partition coefficient (Wildman–Crippen LogP) is 2.70. The van der Waals surface area contributed by atoms with Crippen LogP contribution in [0.3, 0.4) is 0 Å². The number of aromatic nitrogens is 4. The van der Waals surface area contributed by atoms with Crippen molar-refractivity contribution < 1.29 is 4.39 Å². The quantitative estimate of drug-likeness (QED) is 0.731. The second-order valence-corrected chi connectivity index (χ2v) is 5.51. The molecule has 19 heavy (non-hydrogen) atoms. The summed E-state index contributed by atoms with van der Waals surface area (Å²) in [5, 5.41) is 13.4. The summed E-state index contributed by atoms with van der Waals surface area (Å²) in [6, 6.07) is 4.58. The number of anilines is 1. The Bertz CT molecular complexity index is 746. The first-order chi connectivity index (χ1) is 9.06. The Labute approximate surface area is 112 Å². The van der Waals surface area contributed by atoms with Crippen LogP contribution in [0, 0.1) is 5.82 Å². The molecule has 0 atom stereocenters. The van der Waals surface area contributed by atoms with Crippen molar-refractivity contribution in [2.45, 2.75) is 19.8 Å². The molecule has 98 valence electrons. The molecule has 0 aliphatic carbocycles. The molecule has 2 aromatic heterocycles. The van der Waals surface area contributed by atoms with Crippen LogP contribution >= 0.6 is 11.3 Å². The van der Waals surface area contributed by atoms with Gasteiger partial charge in [-0.25, -0.2) is 4.39 Å². The summed E-state index contributed by atoms with van der Waals surface area (Å²) in [6.45, 7) is 4.07. The van der Waals surface area contributed by atoms with Crippen molar-refractivity contribution in [2.24, 2.45) is 0 Å². The van der Waals surface area contributed by atoms with Gasteiger partial charge < -0.3 is 5.73 Å². The molecule has 0 unspecified atom stereocenters. The van der Waals surface area contributed by atoms with E-state index in [1.807, 2.05) is 13.8 Å². The Morgan fingerprint density at radius 3 is 2.79 bits per heavy atom. The highest BCUT2D eigenvalue weighted by atomic mass is 32.1. The molecule has 0 fully saturated rings. The number of rotatable bonds is 2. The predicted molar refractivity (Wildman–Crippen MR) is 72.6 cm³/mol. The second kappa shape index (κ2) is 4.27. The lowest BCUT2D eigenvalue weighted by Gasteiger charge is -2.00. The summed E-state index contributed by atoms with van der Waals surface area (Å²) in [6.07, 6.45) is 0. The van der Waals surface area contributed by atoms with E-state index in [0.29, 0.717) is 0 Å². The Balaban J connectivity index is 2.12. The maximum Gasteiger partial charge on any atom is 0.234 e. The number of halogens is 1. The zero-order valence-corrected chi connectivity index (χ0v) is 11.3. The number of benzene rings is 1. The van der Waals surface area contributed by atoms with Gasteiger partial charge in [0.05, 0.1) is 5.69 Å². The van der Waals surface area contributed by atoms with Crippen molar-refractivity contribution in [2.75, 3.05) is 5.73 Å². The molecule has 7 heteroatoms. The van der Waals surface area contributed by atoms with Crippen LogP contribution in [0.25, 0.3) is 15.5 Å². The topological polar surface area (TPSA) is 69.1 Å². The molecule has 5 nitrogen and oxygen atoms in total. The lowest BCUT2D eigenvalue weighted by Crippen LogP contribution is -1.98. The van der Waals surface area contributed by atoms with E-state index in [1.54, 1.807) is 16.6 Å². The standard InChI is InChI=1S/C12H12FN5S/c1-6(2)10-15-16-12-18(10)17-11(19-12)7-3-4-8(13)9(14)5-7/h3-6H,14H2,1-2H3. The molecule has 2 N–H and O–H groups in total. The summed E-state index contributed by atoms with van der Waals surface area (Å²) in [4.78, 5) is 0.724. The number of nitrogens with zero attached hydrogens (tertiary/aromatic N) is 4. The lowest BCUT2D eigenvalue weighted by atomic mass is 10.2. The molecule has 0 aliphatic rings. The fourth-order valence-electron chi connectivity index (χ4n) is 1.79. The van der Waals surface area contributed by atoms with E-state index in [-0.39, 0.29) is 11.6 Å². The van der Waals surface area contributed by atoms with Crippen LogP contribution in [0.5, 0.6) is 0 Å². The number of nitrogens with two attached hydrogens (primary N) is 1. The highest BCUT2D eigenvalue weighted by molar-refractivity contribution is 7.19. The second-order valence-electron chi connectivity index (χ2n) is 4.55. The molecule has 1 aromatic carbocycles. The maximum atomic E-state index is 13.2. The van der Waals surface area contributed by atoms with Crippen LogP contribution in [0.2, 0.25) is 0 Å². The van der Waals surface area contributed by atoms with Crippen LogP contribution in [0.15, 0.2) is 18.2 Å². The monoisotopic (exact) mass is 277 g/mol. The number of nitrogen functional groups attached to an aromatic ring is 1. The SMILES string of the molecule is CC(C)c1nnc2sc(-c3ccc(F)c(N)c3)nn12. The molecule has 0 saturated heterocycles. The van der Waals surface area contributed by atoms with E-state index in [9.17, 15) is 4.39 Å². The van der Waals surface area contributed by atoms with Crippen molar-refractivity contribution in [3.63, 3.8) is 0 Å². The van der Waals surface area contributed by atoms with Crippen molar-refractivity contribution in [3.8, 4) is 10.6 Å². The average Bonchev–Trinajstić information content (AvgIpc) is 2.91. The minimum atomic E-state index is -0.422. The van der Waals surface area contributed by atoms with Gasteiger partial charge in [-0.2, -0.15) is 9.61 Å². The first-order valence-corrected chi connectivity index (χ1v) is 6.65. The summed E-state index contributed by atoms with van der Waals surface area (Å²) in [5.74, 6) is 0.630. The average molecular weight is 277 g/mol. The highest BCUT2D eigenvalue weighted by Crippen LogP contribution is 2.28. The normalized spacial score (nSPS) is 11.6. The smallest absolute Gasteiger partial charge is 0.234 e. The third-order valence-corrected chi connectivity index (χ3v) is 3.72. The van der Waals surface area contributed by atoms with Gasteiger partial charge in [-0.05, 0) is 18.2 Å². The fraction of sp³-hybridized carbons (Fsp3) is 0.250. The van der Waals surface area contributed by atoms with Crippen molar-refractivity contribution >= 4 is 22.0 Å². The molecule has 0 spiro atoms. The van der Waals surface area contributed by atoms with E-state index < -0.39 is 5.82 Å². The van der Waals surface area contributed by atoms with Gasteiger partial charge in [0.25, 0.3) is 0 Å². The van der Waals surface area contributed by atoms with Crippen molar-refractivity contribution in [1.82, 2.24) is 19.8 Å². The molecule has 2 heterocycles. The molecule has 0 radical (unpaired) electrons. The van der Waals surface area contributed by atoms with Crippen LogP contribution in [0.1, 0.15) is 25.6 Å². The van der Waals surface area contributed by atoms with Gasteiger partial charge in [-0.1, -0.05) is 25.2 Å². The van der Waals surface area contributed by atoms with Crippen LogP contribution in [-0.2, 0) is 0 Å². The van der Waals surface area contributed by atoms with E-state index >= 15 is 0 Å². The van der Waals surface area contributed by atoms with Gasteiger partial charge >= 0.3 is 0 Å². The molecule has 3 rings (SSSR count). The molecule has 3 aromatic rings. The van der Waals surface area contributed by atoms with Gasteiger partial charge in [0, 0.05) is 11.5 Å². The number of hydrogen-bond donors (Lipinski definition) is 1. The van der Waals surface area contributed by atoms with Gasteiger partial charge in [0.2, 0.25) is 4.96 Å². The number of hydrogen-bond acceptors (Lipinski definition) is 5. The molecule has 0 saturated carbocycles. The van der Waals surface area contributed by atoms with Gasteiger partial charge in [0.15, 0.2) is 5.82 Å². The summed E-state index contributed by atoms with van der Waals surface area (Å²) in [5.41, 5.74) is 6.47. The van der Waals surface area contributed by atoms with Crippen molar-refractivity contribution in [3.05, 3.63) is 29.8 Å². The van der Waals surface area contributed by atoms with Crippen LogP contribution in [0.4, 0.5) is 10.1 Å². The third kappa shape index (κ3) is 1.95. The zero-order valence-electron chi connectivity index (χ0n) is 10.5. The Hall–Kier alpha value is -2.02. The molecule has 0 amide bonds. The Morgan fingerprint density at radius 1 is 1.32 bits per heavy atom.